The molecule has 0 saturated carbocycles. The molecule has 1 saturated heterocycles. The smallest absolute Gasteiger partial charge is 0.276 e. The summed E-state index contributed by atoms with van der Waals surface area (Å²) in [7, 11) is 0. The number of likely N-dealkylation sites (tertiary alicyclic amines) is 1. The van der Waals surface area contributed by atoms with Crippen molar-refractivity contribution in [3.8, 4) is 0 Å². The average Bonchev–Trinajstić information content (AvgIpc) is 3.39. The molecule has 3 heterocycles. The third kappa shape index (κ3) is 7.18. The number of aliphatic imine (C=N–C) groups is 1. The molecule has 1 aliphatic rings. The van der Waals surface area contributed by atoms with Crippen molar-refractivity contribution < 1.29 is 13.6 Å². The van der Waals surface area contributed by atoms with Crippen LogP contribution in [0.4, 0.5) is 14.5 Å². The predicted octanol–water partition coefficient (Wildman–Crippen LogP) is 6.52. The van der Waals surface area contributed by atoms with E-state index >= 15 is 0 Å². The van der Waals surface area contributed by atoms with E-state index < -0.39 is 5.92 Å². The van der Waals surface area contributed by atoms with Gasteiger partial charge in [0.1, 0.15) is 0 Å². The number of carbonyl (C=O) groups is 1. The Morgan fingerprint density at radius 1 is 1.12 bits per heavy atom. The van der Waals surface area contributed by atoms with Crippen LogP contribution in [0.1, 0.15) is 46.9 Å². The fraction of sp³-hybridized carbons (Fsp3) is 0.250. The molecule has 0 bridgehead atoms. The summed E-state index contributed by atoms with van der Waals surface area (Å²) in [6.07, 6.45) is 7.47. The summed E-state index contributed by atoms with van der Waals surface area (Å²) in [5.41, 5.74) is 6.46. The highest BCUT2D eigenvalue weighted by molar-refractivity contribution is 6.11. The largest absolute Gasteiger partial charge is 0.319 e. The number of hydrogen-bond acceptors (Lipinski definition) is 5. The maximum atomic E-state index is 13.6. The van der Waals surface area contributed by atoms with Crippen LogP contribution in [-0.2, 0) is 6.42 Å². The summed E-state index contributed by atoms with van der Waals surface area (Å²) in [4.78, 5) is 23.5. The second kappa shape index (κ2) is 12.3. The lowest BCUT2D eigenvalue weighted by molar-refractivity contribution is -0.0533. The Labute approximate surface area is 237 Å². The van der Waals surface area contributed by atoms with E-state index in [2.05, 4.69) is 44.3 Å². The fourth-order valence-corrected chi connectivity index (χ4v) is 5.01. The van der Waals surface area contributed by atoms with E-state index in [1.54, 1.807) is 18.6 Å². The Morgan fingerprint density at radius 2 is 1.90 bits per heavy atom. The molecule has 1 aliphatic heterocycles. The summed E-state index contributed by atoms with van der Waals surface area (Å²) in [5, 5.41) is 10.8. The van der Waals surface area contributed by atoms with Crippen molar-refractivity contribution in [2.45, 2.75) is 32.1 Å². The van der Waals surface area contributed by atoms with Crippen molar-refractivity contribution in [1.82, 2.24) is 20.1 Å². The molecule has 0 unspecified atom stereocenters. The van der Waals surface area contributed by atoms with Gasteiger partial charge in [-0.05, 0) is 66.1 Å². The SMILES string of the molecule is C=N/C=C(\C=C(/C)c1ccc2[nH]nc(C(=O)Nc3cncc(Cc4ccccc4)c3)c2c1)CN1CCC(F)(F)CC1. The maximum Gasteiger partial charge on any atom is 0.276 e. The molecule has 9 heteroatoms. The number of rotatable bonds is 9. The first-order valence-corrected chi connectivity index (χ1v) is 13.5. The Hall–Kier alpha value is -4.50. The van der Waals surface area contributed by atoms with E-state index in [1.165, 1.54) is 0 Å². The van der Waals surface area contributed by atoms with Gasteiger partial charge in [0.05, 0.1) is 17.4 Å². The highest BCUT2D eigenvalue weighted by Crippen LogP contribution is 2.29. The molecule has 2 aromatic carbocycles. The first kappa shape index (κ1) is 28.0. The molecule has 41 heavy (non-hydrogen) atoms. The standard InChI is InChI=1S/C32H32F2N6O/c1-22(14-25(18-35-2)21-40-12-10-32(33,34)11-13-40)26-8-9-29-28(17-26)30(39-38-29)31(41)37-27-16-24(19-36-20-27)15-23-6-4-3-5-7-23/h3-9,14,16-20H,2,10-13,15,21H2,1H3,(H,37,41)(H,38,39)/b22-14+,25-18+. The molecule has 0 atom stereocenters. The molecule has 1 fully saturated rings. The van der Waals surface area contributed by atoms with Crippen LogP contribution in [0.3, 0.4) is 0 Å². The summed E-state index contributed by atoms with van der Waals surface area (Å²) in [6, 6.07) is 17.7. The quantitative estimate of drug-likeness (QED) is 0.182. The van der Waals surface area contributed by atoms with Gasteiger partial charge in [0.25, 0.3) is 11.8 Å². The lowest BCUT2D eigenvalue weighted by Crippen LogP contribution is -2.40. The van der Waals surface area contributed by atoms with E-state index in [1.807, 2.05) is 60.4 Å². The predicted molar refractivity (Wildman–Crippen MR) is 159 cm³/mol. The summed E-state index contributed by atoms with van der Waals surface area (Å²) >= 11 is 0. The number of H-pyrrole nitrogens is 1. The van der Waals surface area contributed by atoms with Gasteiger partial charge in [-0.1, -0.05) is 42.5 Å². The van der Waals surface area contributed by atoms with Crippen LogP contribution in [0.5, 0.6) is 0 Å². The van der Waals surface area contributed by atoms with Gasteiger partial charge in [-0.25, -0.2) is 8.78 Å². The zero-order valence-corrected chi connectivity index (χ0v) is 22.9. The number of pyridine rings is 1. The number of alkyl halides is 2. The topological polar surface area (TPSA) is 86.3 Å². The molecular formula is C32H32F2N6O. The number of piperidine rings is 1. The number of benzene rings is 2. The van der Waals surface area contributed by atoms with Crippen LogP contribution in [0, 0.1) is 0 Å². The van der Waals surface area contributed by atoms with Crippen LogP contribution in [-0.4, -0.2) is 58.3 Å². The Balaban J connectivity index is 1.32. The molecule has 0 spiro atoms. The number of aromatic nitrogens is 3. The van der Waals surface area contributed by atoms with Crippen molar-refractivity contribution >= 4 is 34.8 Å². The maximum absolute atomic E-state index is 13.6. The van der Waals surface area contributed by atoms with Gasteiger partial charge in [-0.3, -0.25) is 24.8 Å². The van der Waals surface area contributed by atoms with Crippen molar-refractivity contribution in [1.29, 1.82) is 0 Å². The lowest BCUT2D eigenvalue weighted by atomic mass is 10.0. The number of anilines is 1. The Kier molecular flexibility index (Phi) is 8.45. The summed E-state index contributed by atoms with van der Waals surface area (Å²) < 4.78 is 27.2. The molecule has 2 N–H and O–H groups in total. The third-order valence-electron chi connectivity index (χ3n) is 7.19. The summed E-state index contributed by atoms with van der Waals surface area (Å²) in [5.74, 6) is -2.93. The Bertz CT molecular complexity index is 1600. The van der Waals surface area contributed by atoms with E-state index in [9.17, 15) is 13.6 Å². The first-order valence-electron chi connectivity index (χ1n) is 13.5. The normalized spacial score (nSPS) is 16.1. The van der Waals surface area contributed by atoms with Gasteiger partial charge in [-0.15, -0.1) is 0 Å². The van der Waals surface area contributed by atoms with E-state index in [0.717, 1.165) is 33.4 Å². The number of nitrogens with zero attached hydrogens (tertiary/aromatic N) is 4. The molecule has 0 aliphatic carbocycles. The minimum absolute atomic E-state index is 0.139. The lowest BCUT2D eigenvalue weighted by Gasteiger charge is -2.31. The van der Waals surface area contributed by atoms with Crippen LogP contribution in [0.2, 0.25) is 0 Å². The second-order valence-electron chi connectivity index (χ2n) is 10.4. The van der Waals surface area contributed by atoms with E-state index in [4.69, 9.17) is 0 Å². The van der Waals surface area contributed by atoms with Crippen molar-refractivity contribution in [2.24, 2.45) is 4.99 Å². The number of fused-ring (bicyclic) bond motifs is 1. The number of hydrogen-bond donors (Lipinski definition) is 2. The van der Waals surface area contributed by atoms with Crippen molar-refractivity contribution in [3.05, 3.63) is 107 Å². The van der Waals surface area contributed by atoms with Crippen LogP contribution in [0.25, 0.3) is 16.5 Å². The number of nitrogens with one attached hydrogen (secondary N) is 2. The average molecular weight is 555 g/mol. The van der Waals surface area contributed by atoms with E-state index in [0.29, 0.717) is 37.1 Å². The van der Waals surface area contributed by atoms with Crippen molar-refractivity contribution in [2.75, 3.05) is 25.0 Å². The van der Waals surface area contributed by atoms with Crippen LogP contribution < -0.4 is 5.32 Å². The van der Waals surface area contributed by atoms with Gasteiger partial charge < -0.3 is 5.32 Å². The van der Waals surface area contributed by atoms with Crippen molar-refractivity contribution in [3.63, 3.8) is 0 Å². The molecule has 5 rings (SSSR count). The minimum Gasteiger partial charge on any atom is -0.319 e. The van der Waals surface area contributed by atoms with E-state index in [-0.39, 0.29) is 24.4 Å². The highest BCUT2D eigenvalue weighted by Gasteiger charge is 2.33. The third-order valence-corrected chi connectivity index (χ3v) is 7.19. The second-order valence-corrected chi connectivity index (χ2v) is 10.4. The highest BCUT2D eigenvalue weighted by atomic mass is 19.3. The van der Waals surface area contributed by atoms with Gasteiger partial charge >= 0.3 is 0 Å². The zero-order valence-electron chi connectivity index (χ0n) is 22.9. The van der Waals surface area contributed by atoms with Crippen LogP contribution in [0.15, 0.2) is 89.8 Å². The van der Waals surface area contributed by atoms with Gasteiger partial charge in [0.2, 0.25) is 0 Å². The number of carbonyl (C=O) groups excluding carboxylic acids is 1. The van der Waals surface area contributed by atoms with Gasteiger partial charge in [-0.2, -0.15) is 5.10 Å². The molecule has 210 valence electrons. The number of allylic oxidation sites excluding steroid dienone is 1. The molecule has 0 radical (unpaired) electrons. The molecular weight excluding hydrogens is 522 g/mol. The number of amides is 1. The minimum atomic E-state index is -2.59. The first-order chi connectivity index (χ1) is 19.8. The molecule has 4 aromatic rings. The molecule has 1 amide bonds. The zero-order chi connectivity index (χ0) is 28.8. The molecule has 2 aromatic heterocycles. The van der Waals surface area contributed by atoms with Gasteiger partial charge in [0, 0.05) is 50.3 Å². The number of aromatic amines is 1. The van der Waals surface area contributed by atoms with Gasteiger partial charge in [0.15, 0.2) is 5.69 Å². The number of halogens is 2. The Morgan fingerprint density at radius 3 is 2.66 bits per heavy atom. The summed E-state index contributed by atoms with van der Waals surface area (Å²) in [6.45, 7) is 6.70. The van der Waals surface area contributed by atoms with Crippen LogP contribution >= 0.6 is 0 Å². The fourth-order valence-electron chi connectivity index (χ4n) is 5.01. The molecule has 7 nitrogen and oxygen atoms in total. The monoisotopic (exact) mass is 554 g/mol.